The lowest BCUT2D eigenvalue weighted by Crippen LogP contribution is -2.43. The van der Waals surface area contributed by atoms with Crippen LogP contribution in [0, 0.1) is 0 Å². The van der Waals surface area contributed by atoms with Crippen molar-refractivity contribution in [2.75, 3.05) is 5.75 Å². The first kappa shape index (κ1) is 31.0. The quantitative estimate of drug-likeness (QED) is 0.176. The molecule has 0 aliphatic heterocycles. The number of nitrogens with one attached hydrogen (secondary N) is 2. The minimum Gasteiger partial charge on any atom is -0.507 e. The number of aliphatic carboxylic acids is 1. The summed E-state index contributed by atoms with van der Waals surface area (Å²) in [6, 6.07) is 8.54. The molecule has 1 unspecified atom stereocenters. The van der Waals surface area contributed by atoms with E-state index in [-0.39, 0.29) is 22.2 Å². The lowest BCUT2D eigenvalue weighted by molar-refractivity contribution is -0.139. The van der Waals surface area contributed by atoms with Crippen molar-refractivity contribution in [1.29, 1.82) is 0 Å². The number of amides is 1. The minimum atomic E-state index is -4.20. The number of carboxylic acids is 2. The van der Waals surface area contributed by atoms with Gasteiger partial charge in [-0.25, -0.2) is 22.9 Å². The molecule has 0 bridgehead atoms. The Labute approximate surface area is 241 Å². The lowest BCUT2D eigenvalue weighted by Gasteiger charge is -2.15. The van der Waals surface area contributed by atoms with Crippen LogP contribution in [0.25, 0.3) is 0 Å². The number of Topliss-reactive ketones (excluding diaryl/α,β-unsaturated/α-hetero) is 1. The van der Waals surface area contributed by atoms with E-state index in [2.05, 4.69) is 15.0 Å². The molecule has 1 heterocycles. The molecular formula is C24H22ClN3O9S3. The van der Waals surface area contributed by atoms with Gasteiger partial charge in [0, 0.05) is 10.8 Å². The zero-order valence-electron chi connectivity index (χ0n) is 20.4. The molecule has 3 rings (SSSR count). The number of nitrogens with zero attached hydrogens (tertiary/aromatic N) is 1. The summed E-state index contributed by atoms with van der Waals surface area (Å²) in [5.74, 6) is -4.30. The van der Waals surface area contributed by atoms with Gasteiger partial charge in [0.15, 0.2) is 5.78 Å². The number of rotatable bonds is 14. The Morgan fingerprint density at radius 1 is 1.10 bits per heavy atom. The van der Waals surface area contributed by atoms with Crippen LogP contribution in [0.2, 0.25) is 5.02 Å². The molecule has 0 spiro atoms. The Morgan fingerprint density at radius 3 is 2.50 bits per heavy atom. The number of phenols is 1. The highest BCUT2D eigenvalue weighted by molar-refractivity contribution is 7.99. The van der Waals surface area contributed by atoms with E-state index in [9.17, 15) is 37.8 Å². The molecule has 1 amide bonds. The molecule has 0 saturated heterocycles. The van der Waals surface area contributed by atoms with Crippen molar-refractivity contribution in [2.24, 2.45) is 0 Å². The third kappa shape index (κ3) is 8.50. The molecule has 1 atom stereocenters. The number of thiazole rings is 1. The molecule has 3 aromatic rings. The Kier molecular flexibility index (Phi) is 10.6. The van der Waals surface area contributed by atoms with E-state index < -0.39 is 62.3 Å². The molecule has 16 heteroatoms. The number of aromatic nitrogens is 1. The van der Waals surface area contributed by atoms with Gasteiger partial charge in [0.1, 0.15) is 21.2 Å². The highest BCUT2D eigenvalue weighted by Crippen LogP contribution is 2.23. The predicted molar refractivity (Wildman–Crippen MR) is 147 cm³/mol. The maximum Gasteiger partial charge on any atom is 0.339 e. The molecule has 212 valence electrons. The second-order valence-electron chi connectivity index (χ2n) is 8.10. The summed E-state index contributed by atoms with van der Waals surface area (Å²) in [6.07, 6.45) is 0.523. The molecule has 0 fully saturated rings. The van der Waals surface area contributed by atoms with Gasteiger partial charge in [0.25, 0.3) is 5.91 Å². The van der Waals surface area contributed by atoms with Gasteiger partial charge in [0.05, 0.1) is 35.9 Å². The maximum atomic E-state index is 12.7. The van der Waals surface area contributed by atoms with Crippen molar-refractivity contribution in [1.82, 2.24) is 15.0 Å². The number of sulfonamides is 1. The van der Waals surface area contributed by atoms with Crippen molar-refractivity contribution in [3.63, 3.8) is 0 Å². The van der Waals surface area contributed by atoms with Gasteiger partial charge in [-0.1, -0.05) is 29.8 Å². The molecule has 12 nitrogen and oxygen atoms in total. The highest BCUT2D eigenvalue weighted by Gasteiger charge is 2.25. The Bertz CT molecular complexity index is 1540. The number of hydrogen-bond acceptors (Lipinski definition) is 10. The number of ketones is 1. The van der Waals surface area contributed by atoms with E-state index >= 15 is 0 Å². The fraction of sp³-hybridized carbons (Fsp3) is 0.208. The minimum absolute atomic E-state index is 0.0129. The Morgan fingerprint density at radius 2 is 1.82 bits per heavy atom. The summed E-state index contributed by atoms with van der Waals surface area (Å²) in [5.41, 5.74) is 0.213. The number of aromatic carboxylic acids is 1. The molecule has 0 radical (unpaired) electrons. The molecule has 0 aliphatic carbocycles. The number of carbonyl (C=O) groups is 4. The molecule has 40 heavy (non-hydrogen) atoms. The van der Waals surface area contributed by atoms with E-state index in [0.717, 1.165) is 41.3 Å². The topological polar surface area (TPSA) is 200 Å². The van der Waals surface area contributed by atoms with E-state index in [1.54, 1.807) is 24.3 Å². The van der Waals surface area contributed by atoms with Crippen molar-refractivity contribution in [3.8, 4) is 5.75 Å². The van der Waals surface area contributed by atoms with Crippen molar-refractivity contribution >= 4 is 68.4 Å². The van der Waals surface area contributed by atoms with E-state index in [0.29, 0.717) is 10.8 Å². The second-order valence-corrected chi connectivity index (χ2v) is 12.4. The molecular weight excluding hydrogens is 606 g/mol. The van der Waals surface area contributed by atoms with Gasteiger partial charge in [-0.15, -0.1) is 23.1 Å². The predicted octanol–water partition coefficient (Wildman–Crippen LogP) is 2.75. The third-order valence-corrected chi connectivity index (χ3v) is 9.00. The van der Waals surface area contributed by atoms with Crippen molar-refractivity contribution in [3.05, 3.63) is 74.7 Å². The largest absolute Gasteiger partial charge is 0.507 e. The van der Waals surface area contributed by atoms with Gasteiger partial charge in [0.2, 0.25) is 10.0 Å². The zero-order valence-corrected chi connectivity index (χ0v) is 23.6. The summed E-state index contributed by atoms with van der Waals surface area (Å²) in [7, 11) is -4.20. The number of carboxylic acid groups (broad SMARTS) is 2. The monoisotopic (exact) mass is 627 g/mol. The standard InChI is InChI=1S/C24H22ClN3O9S3/c25-16-4-2-1-3-13(16)11-38-12-19(30)17(8-22(31)32)28-23(33)20-9-26-21(39-20)10-27-40(36,37)14-5-6-18(29)15(7-14)24(34)35/h1-7,9,17,27,29H,8,10-12H2,(H,28,33)(H,31,32)(H,34,35). The third-order valence-electron chi connectivity index (χ3n) is 5.23. The fourth-order valence-corrected chi connectivity index (χ4v) is 6.34. The smallest absolute Gasteiger partial charge is 0.339 e. The van der Waals surface area contributed by atoms with Crippen LogP contribution in [0.15, 0.2) is 53.6 Å². The van der Waals surface area contributed by atoms with Crippen LogP contribution in [0.1, 0.15) is 37.0 Å². The second kappa shape index (κ2) is 13.7. The van der Waals surface area contributed by atoms with E-state index in [1.807, 2.05) is 0 Å². The first-order chi connectivity index (χ1) is 18.9. The van der Waals surface area contributed by atoms with Gasteiger partial charge < -0.3 is 20.6 Å². The average Bonchev–Trinajstić information content (AvgIpc) is 3.37. The van der Waals surface area contributed by atoms with Crippen LogP contribution in [0.4, 0.5) is 0 Å². The number of aromatic hydroxyl groups is 1. The van der Waals surface area contributed by atoms with Gasteiger partial charge in [-0.3, -0.25) is 14.4 Å². The summed E-state index contributed by atoms with van der Waals surface area (Å²) < 4.78 is 27.3. The normalized spacial score (nSPS) is 12.0. The van der Waals surface area contributed by atoms with Gasteiger partial charge in [-0.2, -0.15) is 0 Å². The van der Waals surface area contributed by atoms with E-state index in [4.69, 9.17) is 16.7 Å². The van der Waals surface area contributed by atoms with Crippen molar-refractivity contribution < 1.29 is 42.9 Å². The number of hydrogen-bond donors (Lipinski definition) is 5. The molecule has 5 N–H and O–H groups in total. The molecule has 0 aliphatic rings. The van der Waals surface area contributed by atoms with Gasteiger partial charge in [-0.05, 0) is 29.8 Å². The summed E-state index contributed by atoms with van der Waals surface area (Å²) >= 11 is 8.14. The average molecular weight is 628 g/mol. The summed E-state index contributed by atoms with van der Waals surface area (Å²) in [6.45, 7) is -0.347. The van der Waals surface area contributed by atoms with Crippen LogP contribution < -0.4 is 10.0 Å². The lowest BCUT2D eigenvalue weighted by atomic mass is 10.1. The fourth-order valence-electron chi connectivity index (χ4n) is 3.22. The highest BCUT2D eigenvalue weighted by atomic mass is 35.5. The summed E-state index contributed by atoms with van der Waals surface area (Å²) in [5, 5.41) is 31.0. The maximum absolute atomic E-state index is 12.7. The number of halogens is 1. The number of carbonyl (C=O) groups excluding carboxylic acids is 2. The zero-order chi connectivity index (χ0) is 29.4. The first-order valence-electron chi connectivity index (χ1n) is 11.2. The van der Waals surface area contributed by atoms with Crippen LogP contribution in [-0.4, -0.2) is 64.1 Å². The Hall–Kier alpha value is -3.50. The summed E-state index contributed by atoms with van der Waals surface area (Å²) in [4.78, 5) is 51.5. The molecule has 2 aromatic carbocycles. The van der Waals surface area contributed by atoms with Crippen molar-refractivity contribution in [2.45, 2.75) is 29.7 Å². The van der Waals surface area contributed by atoms with Gasteiger partial charge >= 0.3 is 11.9 Å². The first-order valence-corrected chi connectivity index (χ1v) is 15.1. The van der Waals surface area contributed by atoms with Crippen LogP contribution >= 0.6 is 34.7 Å². The van der Waals surface area contributed by atoms with Crippen LogP contribution in [-0.2, 0) is 31.9 Å². The molecule has 1 aromatic heterocycles. The number of thioether (sulfide) groups is 1. The van der Waals surface area contributed by atoms with Crippen LogP contribution in [0.5, 0.6) is 5.75 Å². The SMILES string of the molecule is O=C(O)CC(NC(=O)c1cnc(CNS(=O)(=O)c2ccc(O)c(C(=O)O)c2)s1)C(=O)CSCc1ccccc1Cl. The number of benzene rings is 2. The Balaban J connectivity index is 1.61. The van der Waals surface area contributed by atoms with Crippen LogP contribution in [0.3, 0.4) is 0 Å². The molecule has 0 saturated carbocycles. The van der Waals surface area contributed by atoms with E-state index in [1.165, 1.54) is 11.8 Å².